The first-order chi connectivity index (χ1) is 12.6. The van der Waals surface area contributed by atoms with Crippen LogP contribution in [-0.4, -0.2) is 37.9 Å². The van der Waals surface area contributed by atoms with E-state index < -0.39 is 5.91 Å². The quantitative estimate of drug-likeness (QED) is 0.590. The lowest BCUT2D eigenvalue weighted by Gasteiger charge is -2.11. The highest BCUT2D eigenvalue weighted by atomic mass is 32.2. The summed E-state index contributed by atoms with van der Waals surface area (Å²) in [5, 5.41) is 15.1. The topological polar surface area (TPSA) is 125 Å². The van der Waals surface area contributed by atoms with Crippen LogP contribution in [0.3, 0.4) is 0 Å². The van der Waals surface area contributed by atoms with Crippen molar-refractivity contribution in [2.75, 3.05) is 7.05 Å². The Morgan fingerprint density at radius 3 is 2.85 bits per heavy atom. The van der Waals surface area contributed by atoms with Gasteiger partial charge in [0, 0.05) is 14.1 Å². The number of thioether (sulfide) groups is 1. The number of amides is 1. The summed E-state index contributed by atoms with van der Waals surface area (Å²) in [7, 11) is 3.37. The molecule has 3 rings (SSSR count). The highest BCUT2D eigenvalue weighted by Gasteiger charge is 2.18. The summed E-state index contributed by atoms with van der Waals surface area (Å²) in [6.45, 7) is 0. The fourth-order valence-electron chi connectivity index (χ4n) is 2.38. The van der Waals surface area contributed by atoms with E-state index in [4.69, 9.17) is 10.3 Å². The number of rotatable bonds is 7. The van der Waals surface area contributed by atoms with Gasteiger partial charge in [-0.05, 0) is 12.0 Å². The number of hydrogen-bond donors (Lipinski definition) is 2. The zero-order valence-electron chi connectivity index (χ0n) is 14.4. The molecule has 0 saturated carbocycles. The van der Waals surface area contributed by atoms with Crippen LogP contribution in [0.5, 0.6) is 0 Å². The van der Waals surface area contributed by atoms with Gasteiger partial charge in [0.25, 0.3) is 11.7 Å². The van der Waals surface area contributed by atoms with E-state index >= 15 is 0 Å². The van der Waals surface area contributed by atoms with Gasteiger partial charge in [-0.2, -0.15) is 4.98 Å². The Balaban J connectivity index is 1.63. The van der Waals surface area contributed by atoms with Crippen LogP contribution in [0.2, 0.25) is 0 Å². The van der Waals surface area contributed by atoms with E-state index in [0.717, 1.165) is 5.56 Å². The van der Waals surface area contributed by atoms with E-state index in [0.29, 0.717) is 29.0 Å². The predicted molar refractivity (Wildman–Crippen MR) is 95.3 cm³/mol. The van der Waals surface area contributed by atoms with Gasteiger partial charge in [0.2, 0.25) is 5.89 Å². The molecule has 0 fully saturated rings. The largest absolute Gasteiger partial charge is 0.352 e. The molecule has 10 heteroatoms. The van der Waals surface area contributed by atoms with Gasteiger partial charge in [-0.3, -0.25) is 4.79 Å². The molecular formula is C16H19N7O2S. The van der Waals surface area contributed by atoms with Gasteiger partial charge in [-0.25, -0.2) is 0 Å². The van der Waals surface area contributed by atoms with E-state index in [9.17, 15) is 4.79 Å². The standard InChI is InChI=1S/C16H19N7O2S/c1-18-15(24)13-19-12(25-22-13)9-26-16-21-20-14(23(16)2)11(17)8-10-6-4-3-5-7-10/h3-7,11H,8-9,17H2,1-2H3,(H,18,24). The van der Waals surface area contributed by atoms with Crippen molar-refractivity contribution in [3.63, 3.8) is 0 Å². The molecule has 2 heterocycles. The minimum Gasteiger partial charge on any atom is -0.352 e. The SMILES string of the molecule is CNC(=O)c1noc(CSc2nnc(C(N)Cc3ccccc3)n2C)n1. The summed E-state index contributed by atoms with van der Waals surface area (Å²) in [6, 6.07) is 9.75. The number of carbonyl (C=O) groups excluding carboxylic acids is 1. The van der Waals surface area contributed by atoms with Gasteiger partial charge in [0.15, 0.2) is 11.0 Å². The third-order valence-electron chi connectivity index (χ3n) is 3.72. The summed E-state index contributed by atoms with van der Waals surface area (Å²) in [5.74, 6) is 1.04. The van der Waals surface area contributed by atoms with Crippen LogP contribution in [0.15, 0.2) is 40.0 Å². The highest BCUT2D eigenvalue weighted by Crippen LogP contribution is 2.23. The second-order valence-corrected chi connectivity index (χ2v) is 6.52. The van der Waals surface area contributed by atoms with E-state index in [1.165, 1.54) is 18.8 Å². The Morgan fingerprint density at radius 2 is 2.12 bits per heavy atom. The number of carbonyl (C=O) groups is 1. The Morgan fingerprint density at radius 1 is 1.35 bits per heavy atom. The molecule has 1 amide bonds. The fraction of sp³-hybridized carbons (Fsp3) is 0.312. The van der Waals surface area contributed by atoms with Gasteiger partial charge in [-0.1, -0.05) is 47.3 Å². The summed E-state index contributed by atoms with van der Waals surface area (Å²) in [4.78, 5) is 15.5. The van der Waals surface area contributed by atoms with Gasteiger partial charge in [0.1, 0.15) is 0 Å². The van der Waals surface area contributed by atoms with Crippen molar-refractivity contribution >= 4 is 17.7 Å². The highest BCUT2D eigenvalue weighted by molar-refractivity contribution is 7.98. The summed E-state index contributed by atoms with van der Waals surface area (Å²) < 4.78 is 6.91. The molecule has 0 bridgehead atoms. The van der Waals surface area contributed by atoms with Crippen LogP contribution in [0.1, 0.15) is 33.9 Å². The third kappa shape index (κ3) is 4.09. The van der Waals surface area contributed by atoms with E-state index in [1.54, 1.807) is 0 Å². The molecule has 3 aromatic rings. The van der Waals surface area contributed by atoms with Crippen LogP contribution in [-0.2, 0) is 19.2 Å². The van der Waals surface area contributed by atoms with Crippen molar-refractivity contribution in [1.82, 2.24) is 30.2 Å². The van der Waals surface area contributed by atoms with Crippen LogP contribution in [0.25, 0.3) is 0 Å². The maximum atomic E-state index is 11.4. The van der Waals surface area contributed by atoms with Gasteiger partial charge in [-0.15, -0.1) is 10.2 Å². The summed E-state index contributed by atoms with van der Waals surface area (Å²) in [6.07, 6.45) is 0.677. The minimum absolute atomic E-state index is 0.00615. The first kappa shape index (κ1) is 18.1. The van der Waals surface area contributed by atoms with Crippen molar-refractivity contribution in [3.8, 4) is 0 Å². The smallest absolute Gasteiger partial charge is 0.292 e. The lowest BCUT2D eigenvalue weighted by atomic mass is 10.1. The van der Waals surface area contributed by atoms with Crippen molar-refractivity contribution in [3.05, 3.63) is 53.4 Å². The first-order valence-corrected chi connectivity index (χ1v) is 8.93. The molecule has 1 aromatic carbocycles. The molecule has 136 valence electrons. The lowest BCUT2D eigenvalue weighted by Crippen LogP contribution is -2.19. The maximum Gasteiger partial charge on any atom is 0.292 e. The minimum atomic E-state index is -0.391. The molecule has 0 radical (unpaired) electrons. The molecule has 0 aliphatic carbocycles. The Bertz CT molecular complexity index is 878. The van der Waals surface area contributed by atoms with E-state index in [1.807, 2.05) is 41.9 Å². The number of nitrogens with zero attached hydrogens (tertiary/aromatic N) is 5. The second kappa shape index (κ2) is 8.11. The average Bonchev–Trinajstić information content (AvgIpc) is 3.27. The van der Waals surface area contributed by atoms with Crippen LogP contribution in [0, 0.1) is 0 Å². The molecular weight excluding hydrogens is 354 g/mol. The molecule has 1 atom stereocenters. The van der Waals surface area contributed by atoms with Crippen molar-refractivity contribution in [1.29, 1.82) is 0 Å². The second-order valence-electron chi connectivity index (χ2n) is 5.58. The lowest BCUT2D eigenvalue weighted by molar-refractivity contribution is 0.0950. The Kier molecular flexibility index (Phi) is 5.64. The van der Waals surface area contributed by atoms with Crippen LogP contribution >= 0.6 is 11.8 Å². The molecule has 0 aliphatic heterocycles. The van der Waals surface area contributed by atoms with Crippen molar-refractivity contribution in [2.45, 2.75) is 23.4 Å². The molecule has 3 N–H and O–H groups in total. The first-order valence-electron chi connectivity index (χ1n) is 7.94. The predicted octanol–water partition coefficient (Wildman–Crippen LogP) is 1.09. The maximum absolute atomic E-state index is 11.4. The zero-order valence-corrected chi connectivity index (χ0v) is 15.2. The van der Waals surface area contributed by atoms with E-state index in [-0.39, 0.29) is 11.9 Å². The Labute approximate surface area is 154 Å². The normalized spacial score (nSPS) is 12.1. The number of aromatic nitrogens is 5. The van der Waals surface area contributed by atoms with Gasteiger partial charge < -0.3 is 20.1 Å². The number of benzene rings is 1. The molecule has 0 spiro atoms. The summed E-state index contributed by atoms with van der Waals surface area (Å²) in [5.41, 5.74) is 7.43. The van der Waals surface area contributed by atoms with Crippen molar-refractivity contribution in [2.24, 2.45) is 12.8 Å². The monoisotopic (exact) mass is 373 g/mol. The van der Waals surface area contributed by atoms with Gasteiger partial charge in [0.05, 0.1) is 11.8 Å². The van der Waals surface area contributed by atoms with Gasteiger partial charge >= 0.3 is 0 Å². The fourth-order valence-corrected chi connectivity index (χ4v) is 3.13. The Hall–Kier alpha value is -2.72. The molecule has 26 heavy (non-hydrogen) atoms. The molecule has 0 saturated heterocycles. The third-order valence-corrected chi connectivity index (χ3v) is 4.73. The van der Waals surface area contributed by atoms with Crippen LogP contribution in [0.4, 0.5) is 0 Å². The van der Waals surface area contributed by atoms with E-state index in [2.05, 4.69) is 25.7 Å². The number of nitrogens with two attached hydrogens (primary N) is 1. The number of nitrogens with one attached hydrogen (secondary N) is 1. The molecule has 1 unspecified atom stereocenters. The zero-order chi connectivity index (χ0) is 18.5. The average molecular weight is 373 g/mol. The molecule has 2 aromatic heterocycles. The van der Waals surface area contributed by atoms with Crippen molar-refractivity contribution < 1.29 is 9.32 Å². The molecule has 9 nitrogen and oxygen atoms in total. The number of hydrogen-bond acceptors (Lipinski definition) is 8. The molecule has 0 aliphatic rings. The van der Waals surface area contributed by atoms with Crippen LogP contribution < -0.4 is 11.1 Å². The summed E-state index contributed by atoms with van der Waals surface area (Å²) >= 11 is 1.38.